The zero-order chi connectivity index (χ0) is 18.2. The quantitative estimate of drug-likeness (QED) is 0.592. The summed E-state index contributed by atoms with van der Waals surface area (Å²) in [4.78, 5) is 16.1. The van der Waals surface area contributed by atoms with Crippen LogP contribution in [-0.2, 0) is 14.8 Å². The first-order chi connectivity index (χ1) is 11.7. The number of ketones is 1. The largest absolute Gasteiger partial charge is 0.359 e. The van der Waals surface area contributed by atoms with E-state index in [9.17, 15) is 13.2 Å². The summed E-state index contributed by atoms with van der Waals surface area (Å²) in [6.07, 6.45) is 3.38. The molecule has 2 N–H and O–H groups in total. The predicted octanol–water partition coefficient (Wildman–Crippen LogP) is 4.47. The molecule has 0 saturated heterocycles. The van der Waals surface area contributed by atoms with E-state index in [2.05, 4.69) is 25.6 Å². The fourth-order valence-corrected chi connectivity index (χ4v) is 5.05. The number of fused-ring (bicyclic) bond motifs is 1. The van der Waals surface area contributed by atoms with Crippen LogP contribution in [0.3, 0.4) is 0 Å². The van der Waals surface area contributed by atoms with Gasteiger partial charge >= 0.3 is 0 Å². The predicted molar refractivity (Wildman–Crippen MR) is 106 cm³/mol. The van der Waals surface area contributed by atoms with Crippen molar-refractivity contribution in [2.24, 2.45) is 0 Å². The van der Waals surface area contributed by atoms with Crippen molar-refractivity contribution in [2.45, 2.75) is 19.3 Å². The average molecular weight is 441 g/mol. The van der Waals surface area contributed by atoms with Gasteiger partial charge < -0.3 is 4.98 Å². The number of hydrogen-bond donors (Lipinski definition) is 2. The minimum absolute atomic E-state index is 0.0731. The average Bonchev–Trinajstić information content (AvgIpc) is 3.10. The molecule has 3 aromatic rings. The van der Waals surface area contributed by atoms with Crippen molar-refractivity contribution < 1.29 is 13.2 Å². The Morgan fingerprint density at radius 1 is 1.40 bits per heavy atom. The number of carbonyl (C=O) groups excluding carboxylic acids is 1. The van der Waals surface area contributed by atoms with Crippen LogP contribution in [0.1, 0.15) is 29.7 Å². The molecule has 1 atom stereocenters. The molecular formula is C17H17BrN2O3S2. The maximum Gasteiger partial charge on any atom is 0.229 e. The molecule has 0 aliphatic rings. The summed E-state index contributed by atoms with van der Waals surface area (Å²) in [6, 6.07) is 7.48. The number of thiophene rings is 1. The fourth-order valence-electron chi connectivity index (χ4n) is 2.91. The molecule has 0 amide bonds. The van der Waals surface area contributed by atoms with Crippen molar-refractivity contribution in [3.63, 3.8) is 0 Å². The van der Waals surface area contributed by atoms with Crippen molar-refractivity contribution >= 4 is 59.7 Å². The Labute approximate surface area is 158 Å². The molecule has 5 nitrogen and oxygen atoms in total. The van der Waals surface area contributed by atoms with Crippen molar-refractivity contribution in [3.05, 3.63) is 50.8 Å². The van der Waals surface area contributed by atoms with Crippen LogP contribution >= 0.6 is 27.3 Å². The lowest BCUT2D eigenvalue weighted by molar-refractivity contribution is -0.117. The summed E-state index contributed by atoms with van der Waals surface area (Å²) < 4.78 is 26.7. The molecule has 1 unspecified atom stereocenters. The fraction of sp³-hybridized carbons (Fsp3) is 0.235. The zero-order valence-corrected chi connectivity index (χ0v) is 16.9. The number of nitrogens with one attached hydrogen (secondary N) is 2. The van der Waals surface area contributed by atoms with Gasteiger partial charge in [0, 0.05) is 38.7 Å². The maximum atomic E-state index is 11.8. The smallest absolute Gasteiger partial charge is 0.229 e. The van der Waals surface area contributed by atoms with E-state index >= 15 is 0 Å². The zero-order valence-electron chi connectivity index (χ0n) is 13.7. The molecule has 0 radical (unpaired) electrons. The number of carbonyl (C=O) groups is 1. The van der Waals surface area contributed by atoms with Gasteiger partial charge in [-0.25, -0.2) is 8.42 Å². The highest BCUT2D eigenvalue weighted by Gasteiger charge is 2.22. The second-order valence-corrected chi connectivity index (χ2v) is 9.58. The lowest BCUT2D eigenvalue weighted by atomic mass is 9.92. The van der Waals surface area contributed by atoms with Crippen LogP contribution in [0.2, 0.25) is 0 Å². The van der Waals surface area contributed by atoms with Gasteiger partial charge in [-0.1, -0.05) is 12.1 Å². The van der Waals surface area contributed by atoms with Gasteiger partial charge in [0.25, 0.3) is 0 Å². The van der Waals surface area contributed by atoms with E-state index in [0.717, 1.165) is 26.6 Å². The van der Waals surface area contributed by atoms with Crippen molar-refractivity contribution in [2.75, 3.05) is 11.0 Å². The number of halogens is 1. The Kier molecular flexibility index (Phi) is 5.04. The number of hydrogen-bond acceptors (Lipinski definition) is 4. The van der Waals surface area contributed by atoms with Crippen molar-refractivity contribution in [1.29, 1.82) is 0 Å². The molecule has 8 heteroatoms. The van der Waals surface area contributed by atoms with Crippen LogP contribution in [-0.4, -0.2) is 25.4 Å². The molecule has 0 fully saturated rings. The summed E-state index contributed by atoms with van der Waals surface area (Å²) in [5.74, 6) is 0.0327. The van der Waals surface area contributed by atoms with Gasteiger partial charge in [-0.15, -0.1) is 11.3 Å². The van der Waals surface area contributed by atoms with E-state index in [1.807, 2.05) is 29.8 Å². The van der Waals surface area contributed by atoms with Crippen molar-refractivity contribution in [1.82, 2.24) is 4.98 Å². The number of Topliss-reactive ketones (excluding diaryl/α,β-unsaturated/α-hetero) is 1. The highest BCUT2D eigenvalue weighted by atomic mass is 79.9. The number of rotatable bonds is 6. The molecule has 0 aliphatic carbocycles. The first-order valence-electron chi connectivity index (χ1n) is 7.56. The van der Waals surface area contributed by atoms with Crippen LogP contribution in [0.4, 0.5) is 5.69 Å². The van der Waals surface area contributed by atoms with E-state index in [0.29, 0.717) is 17.6 Å². The highest BCUT2D eigenvalue weighted by Crippen LogP contribution is 2.39. The van der Waals surface area contributed by atoms with E-state index in [1.54, 1.807) is 24.3 Å². The molecule has 3 rings (SSSR count). The Bertz CT molecular complexity index is 1040. The molecule has 2 aromatic heterocycles. The van der Waals surface area contributed by atoms with Crippen molar-refractivity contribution in [3.8, 4) is 0 Å². The minimum Gasteiger partial charge on any atom is -0.359 e. The standard InChI is InChI=1S/C17H17BrN2O3S2/c1-10(21)6-13(16-7-11(18)9-24-16)14-8-19-17-12(14)4-3-5-15(17)20-25(2,22)23/h3-5,7-9,13,19-20H,6H2,1-2H3. The third kappa shape index (κ3) is 4.13. The number of aromatic amines is 1. The Hall–Kier alpha value is -1.64. The second-order valence-electron chi connectivity index (χ2n) is 5.97. The molecular weight excluding hydrogens is 424 g/mol. The normalized spacial score (nSPS) is 13.1. The van der Waals surface area contributed by atoms with Gasteiger partial charge in [0.2, 0.25) is 10.0 Å². The lowest BCUT2D eigenvalue weighted by Gasteiger charge is -2.14. The van der Waals surface area contributed by atoms with E-state index in [4.69, 9.17) is 0 Å². The third-order valence-electron chi connectivity index (χ3n) is 3.84. The van der Waals surface area contributed by atoms with E-state index in [-0.39, 0.29) is 11.7 Å². The molecule has 132 valence electrons. The topological polar surface area (TPSA) is 79.0 Å². The second kappa shape index (κ2) is 6.93. The molecule has 25 heavy (non-hydrogen) atoms. The molecule has 0 aliphatic heterocycles. The number of benzene rings is 1. The number of H-pyrrole nitrogens is 1. The summed E-state index contributed by atoms with van der Waals surface area (Å²) in [7, 11) is -3.38. The Balaban J connectivity index is 2.12. The highest BCUT2D eigenvalue weighted by molar-refractivity contribution is 9.10. The first kappa shape index (κ1) is 18.2. The van der Waals surface area contributed by atoms with E-state index in [1.165, 1.54) is 0 Å². The van der Waals surface area contributed by atoms with Gasteiger partial charge in [-0.3, -0.25) is 9.52 Å². The summed E-state index contributed by atoms with van der Waals surface area (Å²) in [6.45, 7) is 1.58. The van der Waals surface area contributed by atoms with Gasteiger partial charge in [-0.05, 0) is 40.5 Å². The minimum atomic E-state index is -3.38. The van der Waals surface area contributed by atoms with Crippen LogP contribution < -0.4 is 4.72 Å². The molecule has 0 spiro atoms. The molecule has 1 aromatic carbocycles. The van der Waals surface area contributed by atoms with Crippen LogP contribution in [0.15, 0.2) is 40.3 Å². The first-order valence-corrected chi connectivity index (χ1v) is 11.1. The number of para-hydroxylation sites is 1. The van der Waals surface area contributed by atoms with Crippen LogP contribution in [0, 0.1) is 0 Å². The number of anilines is 1. The SMILES string of the molecule is CC(=O)CC(c1cc(Br)cs1)c1c[nH]c2c(NS(C)(=O)=O)cccc12. The van der Waals surface area contributed by atoms with Gasteiger partial charge in [-0.2, -0.15) is 0 Å². The van der Waals surface area contributed by atoms with Gasteiger partial charge in [0.1, 0.15) is 5.78 Å². The van der Waals surface area contributed by atoms with Crippen LogP contribution in [0.5, 0.6) is 0 Å². The van der Waals surface area contributed by atoms with Crippen LogP contribution in [0.25, 0.3) is 10.9 Å². The summed E-state index contributed by atoms with van der Waals surface area (Å²) >= 11 is 5.06. The molecule has 0 saturated carbocycles. The molecule has 0 bridgehead atoms. The van der Waals surface area contributed by atoms with E-state index < -0.39 is 10.0 Å². The van der Waals surface area contributed by atoms with Gasteiger partial charge in [0.15, 0.2) is 0 Å². The Morgan fingerprint density at radius 2 is 2.16 bits per heavy atom. The monoisotopic (exact) mass is 440 g/mol. The number of aromatic nitrogens is 1. The summed E-state index contributed by atoms with van der Waals surface area (Å²) in [5.41, 5.74) is 2.20. The Morgan fingerprint density at radius 3 is 2.76 bits per heavy atom. The maximum absolute atomic E-state index is 11.8. The number of sulfonamides is 1. The van der Waals surface area contributed by atoms with Gasteiger partial charge in [0.05, 0.1) is 17.5 Å². The molecule has 2 heterocycles. The lowest BCUT2D eigenvalue weighted by Crippen LogP contribution is -2.09. The summed E-state index contributed by atoms with van der Waals surface area (Å²) in [5, 5.41) is 2.90. The third-order valence-corrected chi connectivity index (χ3v) is 6.24.